The van der Waals surface area contributed by atoms with Gasteiger partial charge in [-0.05, 0) is 17.7 Å². The van der Waals surface area contributed by atoms with Crippen molar-refractivity contribution in [3.8, 4) is 11.5 Å². The number of aliphatic hydroxyl groups excluding tert-OH is 1. The van der Waals surface area contributed by atoms with E-state index in [0.717, 1.165) is 0 Å². The highest BCUT2D eigenvalue weighted by atomic mass is 16.5. The van der Waals surface area contributed by atoms with Crippen LogP contribution < -0.4 is 0 Å². The molecule has 88 valence electrons. The van der Waals surface area contributed by atoms with Gasteiger partial charge in [0, 0.05) is 5.92 Å². The molecule has 0 heterocycles. The van der Waals surface area contributed by atoms with Crippen LogP contribution in [0, 0.1) is 0 Å². The first-order valence-electron chi connectivity index (χ1n) is 4.75. The highest BCUT2D eigenvalue weighted by Gasteiger charge is 2.24. The summed E-state index contributed by atoms with van der Waals surface area (Å²) >= 11 is 0. The van der Waals surface area contributed by atoms with Gasteiger partial charge in [0.25, 0.3) is 0 Å². The van der Waals surface area contributed by atoms with Crippen LogP contribution in [-0.2, 0) is 9.53 Å². The molecule has 5 nitrogen and oxygen atoms in total. The number of carbonyl (C=O) groups is 1. The van der Waals surface area contributed by atoms with E-state index < -0.39 is 18.0 Å². The first-order chi connectivity index (χ1) is 7.47. The largest absolute Gasteiger partial charge is 0.504 e. The fraction of sp³-hybridized carbons (Fsp3) is 0.364. The zero-order valence-electron chi connectivity index (χ0n) is 9.04. The Morgan fingerprint density at radius 3 is 2.44 bits per heavy atom. The topological polar surface area (TPSA) is 87.0 Å². The summed E-state index contributed by atoms with van der Waals surface area (Å²) in [7, 11) is 1.19. The number of methoxy groups -OCH3 is 1. The molecule has 0 fully saturated rings. The molecule has 2 unspecified atom stereocenters. The summed E-state index contributed by atoms with van der Waals surface area (Å²) in [6.07, 6.45) is -1.30. The third kappa shape index (κ3) is 2.43. The molecule has 1 aromatic carbocycles. The van der Waals surface area contributed by atoms with Crippen molar-refractivity contribution in [2.24, 2.45) is 0 Å². The van der Waals surface area contributed by atoms with Crippen LogP contribution in [0.1, 0.15) is 18.4 Å². The van der Waals surface area contributed by atoms with Crippen molar-refractivity contribution in [3.63, 3.8) is 0 Å². The maximum atomic E-state index is 11.1. The first-order valence-corrected chi connectivity index (χ1v) is 4.75. The van der Waals surface area contributed by atoms with Gasteiger partial charge in [0.2, 0.25) is 0 Å². The lowest BCUT2D eigenvalue weighted by Crippen LogP contribution is -2.27. The third-order valence-electron chi connectivity index (χ3n) is 2.44. The second-order valence-electron chi connectivity index (χ2n) is 3.50. The standard InChI is InChI=1S/C11H14O5/c1-6(10(14)11(15)16-2)7-3-4-8(12)9(13)5-7/h3-6,10,12-14H,1-2H3. The summed E-state index contributed by atoms with van der Waals surface area (Å²) in [6, 6.07) is 4.11. The van der Waals surface area contributed by atoms with Gasteiger partial charge in [0.15, 0.2) is 17.6 Å². The van der Waals surface area contributed by atoms with Gasteiger partial charge < -0.3 is 20.1 Å². The molecule has 2 atom stereocenters. The van der Waals surface area contributed by atoms with Gasteiger partial charge in [0.1, 0.15) is 0 Å². The molecule has 0 aliphatic rings. The summed E-state index contributed by atoms with van der Waals surface area (Å²) in [5.41, 5.74) is 0.535. The number of phenols is 2. The van der Waals surface area contributed by atoms with Crippen molar-refractivity contribution in [1.29, 1.82) is 0 Å². The lowest BCUT2D eigenvalue weighted by atomic mass is 9.95. The molecule has 16 heavy (non-hydrogen) atoms. The Bertz CT molecular complexity index is 388. The Balaban J connectivity index is 2.91. The van der Waals surface area contributed by atoms with Gasteiger partial charge in [-0.25, -0.2) is 4.79 Å². The second-order valence-corrected chi connectivity index (χ2v) is 3.50. The van der Waals surface area contributed by atoms with Gasteiger partial charge in [-0.1, -0.05) is 13.0 Å². The molecule has 0 aliphatic heterocycles. The SMILES string of the molecule is COC(=O)C(O)C(C)c1ccc(O)c(O)c1. The average molecular weight is 226 g/mol. The molecule has 3 N–H and O–H groups in total. The maximum absolute atomic E-state index is 11.1. The van der Waals surface area contributed by atoms with E-state index in [0.29, 0.717) is 5.56 Å². The van der Waals surface area contributed by atoms with E-state index in [1.54, 1.807) is 6.92 Å². The van der Waals surface area contributed by atoms with Crippen LogP contribution in [0.2, 0.25) is 0 Å². The predicted octanol–water partition coefficient (Wildman–Crippen LogP) is 0.735. The Kier molecular flexibility index (Phi) is 3.73. The highest BCUT2D eigenvalue weighted by Crippen LogP contribution is 2.29. The molecule has 0 saturated carbocycles. The number of phenolic OH excluding ortho intramolecular Hbond substituents is 2. The quantitative estimate of drug-likeness (QED) is 0.522. The molecule has 1 aromatic rings. The summed E-state index contributed by atoms with van der Waals surface area (Å²) in [6.45, 7) is 1.62. The fourth-order valence-electron chi connectivity index (χ4n) is 1.33. The summed E-state index contributed by atoms with van der Waals surface area (Å²) in [5.74, 6) is -1.80. The zero-order valence-corrected chi connectivity index (χ0v) is 9.04. The number of ether oxygens (including phenoxy) is 1. The molecule has 0 amide bonds. The van der Waals surface area contributed by atoms with Crippen molar-refractivity contribution >= 4 is 5.97 Å². The summed E-state index contributed by atoms with van der Waals surface area (Å²) in [4.78, 5) is 11.1. The Labute approximate surface area is 92.9 Å². The fourth-order valence-corrected chi connectivity index (χ4v) is 1.33. The van der Waals surface area contributed by atoms with Gasteiger partial charge in [-0.15, -0.1) is 0 Å². The lowest BCUT2D eigenvalue weighted by Gasteiger charge is -2.17. The molecule has 0 radical (unpaired) electrons. The molecule has 5 heteroatoms. The van der Waals surface area contributed by atoms with E-state index in [4.69, 9.17) is 5.11 Å². The van der Waals surface area contributed by atoms with Crippen molar-refractivity contribution in [3.05, 3.63) is 23.8 Å². The third-order valence-corrected chi connectivity index (χ3v) is 2.44. The molecule has 0 bridgehead atoms. The number of rotatable bonds is 3. The van der Waals surface area contributed by atoms with Crippen molar-refractivity contribution in [1.82, 2.24) is 0 Å². The Morgan fingerprint density at radius 2 is 1.94 bits per heavy atom. The minimum absolute atomic E-state index is 0.247. The molecule has 0 aromatic heterocycles. The molecular weight excluding hydrogens is 212 g/mol. The van der Waals surface area contributed by atoms with E-state index in [-0.39, 0.29) is 11.5 Å². The normalized spacial score (nSPS) is 14.2. The zero-order chi connectivity index (χ0) is 12.3. The van der Waals surface area contributed by atoms with Crippen molar-refractivity contribution < 1.29 is 24.9 Å². The number of aliphatic hydroxyl groups is 1. The second kappa shape index (κ2) is 4.85. The van der Waals surface area contributed by atoms with Crippen LogP contribution in [0.3, 0.4) is 0 Å². The summed E-state index contributed by atoms with van der Waals surface area (Å²) in [5, 5.41) is 28.0. The van der Waals surface area contributed by atoms with Crippen molar-refractivity contribution in [2.75, 3.05) is 7.11 Å². The van der Waals surface area contributed by atoms with Gasteiger partial charge in [0.05, 0.1) is 7.11 Å². The number of aromatic hydroxyl groups is 2. The van der Waals surface area contributed by atoms with Gasteiger partial charge in [-0.3, -0.25) is 0 Å². The van der Waals surface area contributed by atoms with Crippen LogP contribution in [-0.4, -0.2) is 34.5 Å². The number of carbonyl (C=O) groups excluding carboxylic acids is 1. The van der Waals surface area contributed by atoms with Gasteiger partial charge >= 0.3 is 5.97 Å². The highest BCUT2D eigenvalue weighted by molar-refractivity contribution is 5.75. The number of hydrogen-bond acceptors (Lipinski definition) is 5. The van der Waals surface area contributed by atoms with Crippen molar-refractivity contribution in [2.45, 2.75) is 18.9 Å². The average Bonchev–Trinajstić information content (AvgIpc) is 2.29. The smallest absolute Gasteiger partial charge is 0.335 e. The Morgan fingerprint density at radius 1 is 1.31 bits per heavy atom. The molecule has 1 rings (SSSR count). The number of esters is 1. The minimum atomic E-state index is -1.30. The van der Waals surface area contributed by atoms with E-state index in [1.165, 1.54) is 25.3 Å². The van der Waals surface area contributed by atoms with E-state index in [1.807, 2.05) is 0 Å². The Hall–Kier alpha value is -1.75. The first kappa shape index (κ1) is 12.3. The molecule has 0 saturated heterocycles. The number of hydrogen-bond donors (Lipinski definition) is 3. The van der Waals surface area contributed by atoms with E-state index >= 15 is 0 Å². The number of benzene rings is 1. The monoisotopic (exact) mass is 226 g/mol. The predicted molar refractivity (Wildman–Crippen MR) is 56.2 cm³/mol. The van der Waals surface area contributed by atoms with E-state index in [2.05, 4.69) is 4.74 Å². The summed E-state index contributed by atoms with van der Waals surface area (Å²) < 4.78 is 4.41. The molecule has 0 spiro atoms. The minimum Gasteiger partial charge on any atom is -0.504 e. The molecular formula is C11H14O5. The van der Waals surface area contributed by atoms with Crippen LogP contribution in [0.25, 0.3) is 0 Å². The van der Waals surface area contributed by atoms with Crippen LogP contribution in [0.15, 0.2) is 18.2 Å². The maximum Gasteiger partial charge on any atom is 0.335 e. The van der Waals surface area contributed by atoms with Crippen LogP contribution in [0.4, 0.5) is 0 Å². The molecule has 0 aliphatic carbocycles. The van der Waals surface area contributed by atoms with Crippen LogP contribution in [0.5, 0.6) is 11.5 Å². The van der Waals surface area contributed by atoms with Gasteiger partial charge in [-0.2, -0.15) is 0 Å². The van der Waals surface area contributed by atoms with E-state index in [9.17, 15) is 15.0 Å². The lowest BCUT2D eigenvalue weighted by molar-refractivity contribution is -0.151. The van der Waals surface area contributed by atoms with Crippen LogP contribution >= 0.6 is 0 Å².